The van der Waals surface area contributed by atoms with Crippen LogP contribution in [0.2, 0.25) is 0 Å². The van der Waals surface area contributed by atoms with Gasteiger partial charge in [0.25, 0.3) is 0 Å². The van der Waals surface area contributed by atoms with Crippen LogP contribution in [0.5, 0.6) is 0 Å². The lowest BCUT2D eigenvalue weighted by atomic mass is 10.1. The van der Waals surface area contributed by atoms with Gasteiger partial charge in [-0.2, -0.15) is 0 Å². The predicted octanol–water partition coefficient (Wildman–Crippen LogP) is 2.07. The standard InChI is InChI=1S/C11H20N2.2ClH/c1-2-4-9(3-1)7-13-8-10-5-11(13)6-12-10;;/h9-12H,1-8H2;2*1H. The van der Waals surface area contributed by atoms with Gasteiger partial charge in [0.2, 0.25) is 0 Å². The lowest BCUT2D eigenvalue weighted by Crippen LogP contribution is -2.45. The van der Waals surface area contributed by atoms with E-state index in [0.717, 1.165) is 18.0 Å². The molecule has 2 heterocycles. The molecule has 3 rings (SSSR count). The molecule has 0 amide bonds. The number of hydrogen-bond acceptors (Lipinski definition) is 2. The number of nitrogens with zero attached hydrogens (tertiary/aromatic N) is 1. The Balaban J connectivity index is 0.000000562. The first-order chi connectivity index (χ1) is 6.42. The number of fused-ring (bicyclic) bond motifs is 2. The molecule has 0 aromatic heterocycles. The highest BCUT2D eigenvalue weighted by Crippen LogP contribution is 2.30. The third kappa shape index (κ3) is 2.79. The van der Waals surface area contributed by atoms with E-state index in [-0.39, 0.29) is 24.8 Å². The molecule has 2 bridgehead atoms. The molecule has 0 aromatic carbocycles. The number of nitrogens with one attached hydrogen (secondary N) is 1. The molecule has 3 fully saturated rings. The second-order valence-electron chi connectivity index (χ2n) is 5.10. The van der Waals surface area contributed by atoms with E-state index >= 15 is 0 Å². The lowest BCUT2D eigenvalue weighted by molar-refractivity contribution is 0.193. The molecule has 0 radical (unpaired) electrons. The maximum absolute atomic E-state index is 3.57. The second kappa shape index (κ2) is 5.72. The minimum absolute atomic E-state index is 0. The third-order valence-electron chi connectivity index (χ3n) is 4.14. The highest BCUT2D eigenvalue weighted by atomic mass is 35.5. The maximum atomic E-state index is 3.57. The first-order valence-corrected chi connectivity index (χ1v) is 5.89. The van der Waals surface area contributed by atoms with Gasteiger partial charge < -0.3 is 5.32 Å². The molecule has 90 valence electrons. The van der Waals surface area contributed by atoms with Gasteiger partial charge in [0, 0.05) is 31.7 Å². The Bertz CT molecular complexity index is 195. The monoisotopic (exact) mass is 252 g/mol. The summed E-state index contributed by atoms with van der Waals surface area (Å²) in [4.78, 5) is 2.75. The van der Waals surface area contributed by atoms with Crippen molar-refractivity contribution in [1.82, 2.24) is 10.2 Å². The van der Waals surface area contributed by atoms with Crippen LogP contribution in [0.4, 0.5) is 0 Å². The minimum atomic E-state index is 0. The SMILES string of the molecule is C1CCC(CN2CC3CC2CN3)C1.Cl.Cl. The molecule has 1 aliphatic carbocycles. The highest BCUT2D eigenvalue weighted by Gasteiger charge is 2.38. The predicted molar refractivity (Wildman–Crippen MR) is 68.2 cm³/mol. The molecule has 2 nitrogen and oxygen atoms in total. The Kier molecular flexibility index (Phi) is 5.17. The van der Waals surface area contributed by atoms with Gasteiger partial charge in [-0.1, -0.05) is 12.8 Å². The van der Waals surface area contributed by atoms with Crippen molar-refractivity contribution in [2.75, 3.05) is 19.6 Å². The molecule has 4 heteroatoms. The third-order valence-corrected chi connectivity index (χ3v) is 4.14. The summed E-state index contributed by atoms with van der Waals surface area (Å²) in [7, 11) is 0. The molecule has 2 atom stereocenters. The van der Waals surface area contributed by atoms with Crippen molar-refractivity contribution >= 4 is 24.8 Å². The van der Waals surface area contributed by atoms with Crippen molar-refractivity contribution in [2.45, 2.75) is 44.2 Å². The Morgan fingerprint density at radius 2 is 1.87 bits per heavy atom. The van der Waals surface area contributed by atoms with Crippen molar-refractivity contribution in [3.63, 3.8) is 0 Å². The Labute approximate surface area is 105 Å². The number of halogens is 2. The molecule has 15 heavy (non-hydrogen) atoms. The Hall–Kier alpha value is 0.500. The summed E-state index contributed by atoms with van der Waals surface area (Å²) in [5, 5.41) is 3.57. The fourth-order valence-electron chi connectivity index (χ4n) is 3.40. The van der Waals surface area contributed by atoms with Crippen LogP contribution in [0.1, 0.15) is 32.1 Å². The van der Waals surface area contributed by atoms with Crippen LogP contribution in [0.3, 0.4) is 0 Å². The van der Waals surface area contributed by atoms with Crippen LogP contribution < -0.4 is 5.32 Å². The second-order valence-corrected chi connectivity index (χ2v) is 5.10. The largest absolute Gasteiger partial charge is 0.311 e. The van der Waals surface area contributed by atoms with Gasteiger partial charge in [0.15, 0.2) is 0 Å². The highest BCUT2D eigenvalue weighted by molar-refractivity contribution is 5.85. The van der Waals surface area contributed by atoms with E-state index in [1.165, 1.54) is 51.7 Å². The van der Waals surface area contributed by atoms with Crippen LogP contribution in [0.15, 0.2) is 0 Å². The fraction of sp³-hybridized carbons (Fsp3) is 1.00. The first kappa shape index (κ1) is 13.6. The molecule has 1 N–H and O–H groups in total. The van der Waals surface area contributed by atoms with E-state index in [1.54, 1.807) is 0 Å². The van der Waals surface area contributed by atoms with E-state index in [9.17, 15) is 0 Å². The number of likely N-dealkylation sites (tertiary alicyclic amines) is 1. The molecule has 2 aliphatic heterocycles. The molecule has 0 aromatic rings. The van der Waals surface area contributed by atoms with E-state index in [0.29, 0.717) is 0 Å². The minimum Gasteiger partial charge on any atom is -0.311 e. The van der Waals surface area contributed by atoms with Gasteiger partial charge in [-0.05, 0) is 25.2 Å². The maximum Gasteiger partial charge on any atom is 0.0236 e. The van der Waals surface area contributed by atoms with E-state index in [2.05, 4.69) is 10.2 Å². The van der Waals surface area contributed by atoms with Gasteiger partial charge in [-0.3, -0.25) is 4.90 Å². The smallest absolute Gasteiger partial charge is 0.0236 e. The first-order valence-electron chi connectivity index (χ1n) is 5.89. The van der Waals surface area contributed by atoms with Crippen molar-refractivity contribution < 1.29 is 0 Å². The normalized spacial score (nSPS) is 35.2. The average molecular weight is 253 g/mol. The summed E-state index contributed by atoms with van der Waals surface area (Å²) < 4.78 is 0. The summed E-state index contributed by atoms with van der Waals surface area (Å²) in [5.74, 6) is 1.04. The van der Waals surface area contributed by atoms with Gasteiger partial charge in [-0.15, -0.1) is 24.8 Å². The number of piperazine rings is 1. The van der Waals surface area contributed by atoms with E-state index in [4.69, 9.17) is 0 Å². The molecule has 3 aliphatic rings. The molecule has 2 unspecified atom stereocenters. The van der Waals surface area contributed by atoms with Crippen molar-refractivity contribution in [2.24, 2.45) is 5.92 Å². The van der Waals surface area contributed by atoms with Crippen LogP contribution in [0, 0.1) is 5.92 Å². The van der Waals surface area contributed by atoms with Crippen molar-refractivity contribution in [3.8, 4) is 0 Å². The van der Waals surface area contributed by atoms with Gasteiger partial charge in [0.1, 0.15) is 0 Å². The summed E-state index contributed by atoms with van der Waals surface area (Å²) in [6, 6.07) is 1.73. The van der Waals surface area contributed by atoms with E-state index < -0.39 is 0 Å². The average Bonchev–Trinajstić information content (AvgIpc) is 2.77. The van der Waals surface area contributed by atoms with Crippen LogP contribution in [0.25, 0.3) is 0 Å². The van der Waals surface area contributed by atoms with Gasteiger partial charge in [0.05, 0.1) is 0 Å². The molecule has 1 saturated carbocycles. The zero-order valence-electron chi connectivity index (χ0n) is 9.15. The molecular formula is C11H22Cl2N2. The van der Waals surface area contributed by atoms with Crippen LogP contribution in [-0.2, 0) is 0 Å². The fourth-order valence-corrected chi connectivity index (χ4v) is 3.40. The number of hydrogen-bond donors (Lipinski definition) is 1. The zero-order chi connectivity index (χ0) is 8.67. The Morgan fingerprint density at radius 3 is 2.40 bits per heavy atom. The Morgan fingerprint density at radius 1 is 1.13 bits per heavy atom. The summed E-state index contributed by atoms with van der Waals surface area (Å²) in [6.45, 7) is 4.00. The van der Waals surface area contributed by atoms with Gasteiger partial charge in [-0.25, -0.2) is 0 Å². The summed E-state index contributed by atoms with van der Waals surface area (Å²) >= 11 is 0. The lowest BCUT2D eigenvalue weighted by Gasteiger charge is -2.29. The molecular weight excluding hydrogens is 231 g/mol. The van der Waals surface area contributed by atoms with Crippen molar-refractivity contribution in [1.29, 1.82) is 0 Å². The topological polar surface area (TPSA) is 15.3 Å². The summed E-state index contributed by atoms with van der Waals surface area (Å²) in [6.07, 6.45) is 7.41. The zero-order valence-corrected chi connectivity index (χ0v) is 10.8. The van der Waals surface area contributed by atoms with Crippen LogP contribution in [-0.4, -0.2) is 36.6 Å². The molecule has 0 spiro atoms. The van der Waals surface area contributed by atoms with Gasteiger partial charge >= 0.3 is 0 Å². The van der Waals surface area contributed by atoms with Crippen molar-refractivity contribution in [3.05, 3.63) is 0 Å². The van der Waals surface area contributed by atoms with E-state index in [1.807, 2.05) is 0 Å². The summed E-state index contributed by atoms with van der Waals surface area (Å²) in [5.41, 5.74) is 0. The quantitative estimate of drug-likeness (QED) is 0.810. The molecule has 2 saturated heterocycles. The number of rotatable bonds is 2. The van der Waals surface area contributed by atoms with Crippen LogP contribution >= 0.6 is 24.8 Å².